The lowest BCUT2D eigenvalue weighted by Crippen LogP contribution is -2.11. The molecular formula is C15H14N2O3S3. The second-order valence-electron chi connectivity index (χ2n) is 5.10. The predicted molar refractivity (Wildman–Crippen MR) is 94.0 cm³/mol. The van der Waals surface area contributed by atoms with Gasteiger partial charge in [-0.15, -0.1) is 0 Å². The number of sulfone groups is 1. The molecule has 23 heavy (non-hydrogen) atoms. The van der Waals surface area contributed by atoms with E-state index in [4.69, 9.17) is 0 Å². The van der Waals surface area contributed by atoms with Gasteiger partial charge in [0, 0.05) is 12.7 Å². The molecule has 8 heteroatoms. The highest BCUT2D eigenvalue weighted by molar-refractivity contribution is 7.90. The Morgan fingerprint density at radius 1 is 1.30 bits per heavy atom. The summed E-state index contributed by atoms with van der Waals surface area (Å²) in [7, 11) is -3.25. The molecule has 0 saturated heterocycles. The van der Waals surface area contributed by atoms with Crippen LogP contribution in [0, 0.1) is 0 Å². The number of carbonyl (C=O) groups excluding carboxylic acids is 1. The van der Waals surface area contributed by atoms with Gasteiger partial charge in [-0.1, -0.05) is 11.3 Å². The fourth-order valence-corrected chi connectivity index (χ4v) is 4.41. The van der Waals surface area contributed by atoms with Crippen LogP contribution in [0.25, 0.3) is 10.2 Å². The van der Waals surface area contributed by atoms with Gasteiger partial charge in [0.2, 0.25) is 5.91 Å². The molecule has 2 heterocycles. The topological polar surface area (TPSA) is 76.1 Å². The number of nitrogens with zero attached hydrogens (tertiary/aromatic N) is 1. The molecule has 0 atom stereocenters. The molecule has 2 aromatic heterocycles. The largest absolute Gasteiger partial charge is 0.302 e. The van der Waals surface area contributed by atoms with Crippen molar-refractivity contribution in [3.8, 4) is 0 Å². The Bertz CT molecular complexity index is 944. The molecule has 5 nitrogen and oxygen atoms in total. The Morgan fingerprint density at radius 2 is 2.13 bits per heavy atom. The van der Waals surface area contributed by atoms with Gasteiger partial charge in [0.05, 0.1) is 15.1 Å². The van der Waals surface area contributed by atoms with E-state index in [0.717, 1.165) is 10.3 Å². The SMILES string of the molecule is CS(=O)(=O)c1ccc2nc(NC(=O)CCc3ccsc3)sc2c1. The molecule has 0 fully saturated rings. The third kappa shape index (κ3) is 3.95. The normalized spacial score (nSPS) is 11.7. The highest BCUT2D eigenvalue weighted by Crippen LogP contribution is 2.28. The van der Waals surface area contributed by atoms with Crippen molar-refractivity contribution in [2.75, 3.05) is 11.6 Å². The summed E-state index contributed by atoms with van der Waals surface area (Å²) >= 11 is 2.88. The van der Waals surface area contributed by atoms with E-state index in [1.54, 1.807) is 23.5 Å². The lowest BCUT2D eigenvalue weighted by molar-refractivity contribution is -0.116. The van der Waals surface area contributed by atoms with E-state index in [1.807, 2.05) is 16.8 Å². The number of aromatic nitrogens is 1. The zero-order valence-corrected chi connectivity index (χ0v) is 14.7. The Morgan fingerprint density at radius 3 is 2.83 bits per heavy atom. The minimum atomic E-state index is -3.25. The lowest BCUT2D eigenvalue weighted by Gasteiger charge is -1.99. The van der Waals surface area contributed by atoms with Crippen molar-refractivity contribution in [1.29, 1.82) is 0 Å². The van der Waals surface area contributed by atoms with E-state index in [9.17, 15) is 13.2 Å². The first kappa shape index (κ1) is 16.1. The summed E-state index contributed by atoms with van der Waals surface area (Å²) in [5, 5.41) is 7.27. The average molecular weight is 366 g/mol. The van der Waals surface area contributed by atoms with E-state index in [2.05, 4.69) is 10.3 Å². The summed E-state index contributed by atoms with van der Waals surface area (Å²) in [6.45, 7) is 0. The average Bonchev–Trinajstić information content (AvgIpc) is 3.12. The first-order chi connectivity index (χ1) is 10.9. The second-order valence-corrected chi connectivity index (χ2v) is 8.93. The molecule has 3 aromatic rings. The standard InChI is InChI=1S/C15H14N2O3S3/c1-23(19,20)11-3-4-12-13(8-11)22-15(16-12)17-14(18)5-2-10-6-7-21-9-10/h3-4,6-9H,2,5H2,1H3,(H,16,17,18). The van der Waals surface area contributed by atoms with Gasteiger partial charge in [-0.2, -0.15) is 11.3 Å². The highest BCUT2D eigenvalue weighted by Gasteiger charge is 2.12. The molecule has 3 rings (SSSR count). The van der Waals surface area contributed by atoms with Crippen molar-refractivity contribution in [2.45, 2.75) is 17.7 Å². The van der Waals surface area contributed by atoms with Gasteiger partial charge >= 0.3 is 0 Å². The molecule has 0 aliphatic rings. The minimum Gasteiger partial charge on any atom is -0.302 e. The third-order valence-corrected chi connectivity index (χ3v) is 6.03. The maximum Gasteiger partial charge on any atom is 0.226 e. The van der Waals surface area contributed by atoms with Crippen LogP contribution in [-0.4, -0.2) is 25.6 Å². The number of hydrogen-bond donors (Lipinski definition) is 1. The summed E-state index contributed by atoms with van der Waals surface area (Å²) in [6, 6.07) is 6.77. The fraction of sp³-hybridized carbons (Fsp3) is 0.200. The fourth-order valence-electron chi connectivity index (χ4n) is 2.06. The van der Waals surface area contributed by atoms with Crippen LogP contribution in [-0.2, 0) is 21.1 Å². The Balaban J connectivity index is 1.71. The molecule has 0 radical (unpaired) electrons. The van der Waals surface area contributed by atoms with Crippen LogP contribution in [0.4, 0.5) is 5.13 Å². The number of thiophene rings is 1. The number of nitrogens with one attached hydrogen (secondary N) is 1. The number of rotatable bonds is 5. The van der Waals surface area contributed by atoms with Gasteiger partial charge in [-0.25, -0.2) is 13.4 Å². The van der Waals surface area contributed by atoms with Crippen molar-refractivity contribution in [1.82, 2.24) is 4.98 Å². The molecule has 0 aliphatic heterocycles. The maximum atomic E-state index is 12.0. The number of thiazole rings is 1. The molecule has 0 saturated carbocycles. The van der Waals surface area contributed by atoms with E-state index in [0.29, 0.717) is 23.5 Å². The number of anilines is 1. The number of aryl methyl sites for hydroxylation is 1. The van der Waals surface area contributed by atoms with Gasteiger partial charge in [-0.3, -0.25) is 4.79 Å². The third-order valence-electron chi connectivity index (χ3n) is 3.26. The second kappa shape index (κ2) is 6.38. The van der Waals surface area contributed by atoms with Crippen molar-refractivity contribution >= 4 is 53.8 Å². The lowest BCUT2D eigenvalue weighted by atomic mass is 10.2. The Kier molecular flexibility index (Phi) is 4.47. The molecular weight excluding hydrogens is 352 g/mol. The molecule has 1 N–H and O–H groups in total. The molecule has 0 bridgehead atoms. The number of fused-ring (bicyclic) bond motifs is 1. The number of hydrogen-bond acceptors (Lipinski definition) is 6. The summed E-state index contributed by atoms with van der Waals surface area (Å²) in [6.07, 6.45) is 2.25. The first-order valence-electron chi connectivity index (χ1n) is 6.83. The molecule has 1 aromatic carbocycles. The van der Waals surface area contributed by atoms with Gasteiger partial charge in [-0.05, 0) is 47.0 Å². The van der Waals surface area contributed by atoms with E-state index >= 15 is 0 Å². The van der Waals surface area contributed by atoms with E-state index in [-0.39, 0.29) is 10.8 Å². The van der Waals surface area contributed by atoms with Crippen molar-refractivity contribution in [3.05, 3.63) is 40.6 Å². The van der Waals surface area contributed by atoms with E-state index < -0.39 is 9.84 Å². The monoisotopic (exact) mass is 366 g/mol. The quantitative estimate of drug-likeness (QED) is 0.751. The van der Waals surface area contributed by atoms with Crippen LogP contribution in [0.2, 0.25) is 0 Å². The van der Waals surface area contributed by atoms with Crippen LogP contribution in [0.3, 0.4) is 0 Å². The van der Waals surface area contributed by atoms with Crippen LogP contribution >= 0.6 is 22.7 Å². The minimum absolute atomic E-state index is 0.0985. The molecule has 120 valence electrons. The molecule has 0 unspecified atom stereocenters. The highest BCUT2D eigenvalue weighted by atomic mass is 32.2. The smallest absolute Gasteiger partial charge is 0.226 e. The van der Waals surface area contributed by atoms with Crippen LogP contribution in [0.5, 0.6) is 0 Å². The first-order valence-corrected chi connectivity index (χ1v) is 10.5. The summed E-state index contributed by atoms with van der Waals surface area (Å²) in [5.41, 5.74) is 1.82. The molecule has 0 aliphatic carbocycles. The Hall–Kier alpha value is -1.77. The number of amides is 1. The Labute approximate surface area is 141 Å². The van der Waals surface area contributed by atoms with Crippen molar-refractivity contribution < 1.29 is 13.2 Å². The van der Waals surface area contributed by atoms with E-state index in [1.165, 1.54) is 23.7 Å². The maximum absolute atomic E-state index is 12.0. The summed E-state index contributed by atoms with van der Waals surface area (Å²) < 4.78 is 23.9. The number of carbonyl (C=O) groups is 1. The summed E-state index contributed by atoms with van der Waals surface area (Å²) in [5.74, 6) is -0.0985. The van der Waals surface area contributed by atoms with Crippen LogP contribution in [0.1, 0.15) is 12.0 Å². The zero-order chi connectivity index (χ0) is 16.4. The number of benzene rings is 1. The zero-order valence-electron chi connectivity index (χ0n) is 12.3. The van der Waals surface area contributed by atoms with Crippen molar-refractivity contribution in [3.63, 3.8) is 0 Å². The van der Waals surface area contributed by atoms with Crippen LogP contribution in [0.15, 0.2) is 39.9 Å². The van der Waals surface area contributed by atoms with Crippen molar-refractivity contribution in [2.24, 2.45) is 0 Å². The van der Waals surface area contributed by atoms with Gasteiger partial charge in [0.25, 0.3) is 0 Å². The van der Waals surface area contributed by atoms with Gasteiger partial charge in [0.1, 0.15) is 0 Å². The predicted octanol–water partition coefficient (Wildman–Crippen LogP) is 3.33. The van der Waals surface area contributed by atoms with Gasteiger partial charge in [0.15, 0.2) is 15.0 Å². The van der Waals surface area contributed by atoms with Crippen LogP contribution < -0.4 is 5.32 Å². The van der Waals surface area contributed by atoms with Gasteiger partial charge < -0.3 is 5.32 Å². The molecule has 1 amide bonds. The summed E-state index contributed by atoms with van der Waals surface area (Å²) in [4.78, 5) is 16.5. The molecule has 0 spiro atoms.